The van der Waals surface area contributed by atoms with Gasteiger partial charge in [0.05, 0.1) is 0 Å². The number of fused-ring (bicyclic) bond motifs is 1. The van der Waals surface area contributed by atoms with Crippen LogP contribution in [-0.4, -0.2) is 0 Å². The Balaban J connectivity index is 2.80. The zero-order valence-corrected chi connectivity index (χ0v) is 11.0. The average molecular weight is 290 g/mol. The van der Waals surface area contributed by atoms with E-state index in [-0.39, 0.29) is 0 Å². The van der Waals surface area contributed by atoms with Gasteiger partial charge in [-0.05, 0) is 40.4 Å². The van der Waals surface area contributed by atoms with Crippen LogP contribution in [0.3, 0.4) is 0 Å². The van der Waals surface area contributed by atoms with Gasteiger partial charge >= 0.3 is 0 Å². The molecule has 0 atom stereocenters. The number of thiophene rings is 1. The maximum Gasteiger partial charge on any atom is 0.0491 e. The molecule has 0 aliphatic rings. The van der Waals surface area contributed by atoms with Gasteiger partial charge in [-0.1, -0.05) is 22.9 Å². The summed E-state index contributed by atoms with van der Waals surface area (Å²) >= 11 is 11.4. The first kappa shape index (κ1) is 10.5. The molecule has 2 rings (SSSR count). The molecule has 1 heterocycles. The highest BCUT2D eigenvalue weighted by atomic mass is 79.9. The molecular weight excluding hydrogens is 280 g/mol. The Morgan fingerprint density at radius 1 is 1.50 bits per heavy atom. The summed E-state index contributed by atoms with van der Waals surface area (Å²) in [5.74, 6) is 0.571. The van der Waals surface area contributed by atoms with E-state index in [1.54, 1.807) is 11.3 Å². The predicted molar refractivity (Wildman–Crippen MR) is 68.5 cm³/mol. The molecule has 0 amide bonds. The van der Waals surface area contributed by atoms with Crippen molar-refractivity contribution in [3.63, 3.8) is 0 Å². The van der Waals surface area contributed by atoms with E-state index in [0.29, 0.717) is 5.88 Å². The molecule has 0 unspecified atom stereocenters. The van der Waals surface area contributed by atoms with Gasteiger partial charge in [-0.3, -0.25) is 0 Å². The molecule has 0 aliphatic carbocycles. The van der Waals surface area contributed by atoms with Crippen molar-refractivity contribution in [2.75, 3.05) is 0 Å². The number of aryl methyl sites for hydroxylation is 1. The molecule has 1 aromatic carbocycles. The lowest BCUT2D eigenvalue weighted by Gasteiger charge is -2.07. The maximum atomic E-state index is 5.97. The van der Waals surface area contributed by atoms with Crippen LogP contribution in [0, 0.1) is 0 Å². The highest BCUT2D eigenvalue weighted by Crippen LogP contribution is 2.34. The Morgan fingerprint density at radius 3 is 2.93 bits per heavy atom. The summed E-state index contributed by atoms with van der Waals surface area (Å²) in [5, 5.41) is 3.40. The Morgan fingerprint density at radius 2 is 2.29 bits per heavy atom. The van der Waals surface area contributed by atoms with E-state index < -0.39 is 0 Å². The summed E-state index contributed by atoms with van der Waals surface area (Å²) in [7, 11) is 0. The van der Waals surface area contributed by atoms with E-state index in [9.17, 15) is 0 Å². The zero-order valence-electron chi connectivity index (χ0n) is 7.81. The number of hydrogen-bond acceptors (Lipinski definition) is 1. The lowest BCUT2D eigenvalue weighted by atomic mass is 10.1. The van der Waals surface area contributed by atoms with E-state index in [2.05, 4.69) is 40.4 Å². The van der Waals surface area contributed by atoms with E-state index in [1.807, 2.05) is 0 Å². The number of hydrogen-bond donors (Lipinski definition) is 0. The Labute approximate surface area is 101 Å². The largest absolute Gasteiger partial charge is 0.144 e. The summed E-state index contributed by atoms with van der Waals surface area (Å²) in [4.78, 5) is 0. The number of benzene rings is 1. The van der Waals surface area contributed by atoms with Crippen LogP contribution in [0.4, 0.5) is 0 Å². The SMILES string of the molecule is CCc1cc2sccc2c(CCl)c1Br. The van der Waals surface area contributed by atoms with Crippen molar-refractivity contribution in [3.8, 4) is 0 Å². The van der Waals surface area contributed by atoms with Crippen LogP contribution in [-0.2, 0) is 12.3 Å². The van der Waals surface area contributed by atoms with Gasteiger partial charge in [-0.25, -0.2) is 0 Å². The Bertz CT molecular complexity index is 462. The van der Waals surface area contributed by atoms with Crippen LogP contribution in [0.15, 0.2) is 22.0 Å². The minimum absolute atomic E-state index is 0.571. The fourth-order valence-corrected chi connectivity index (χ4v) is 3.67. The highest BCUT2D eigenvalue weighted by Gasteiger charge is 2.10. The molecule has 0 N–H and O–H groups in total. The van der Waals surface area contributed by atoms with Gasteiger partial charge < -0.3 is 0 Å². The first-order valence-corrected chi connectivity index (χ1v) is 6.72. The molecule has 0 saturated carbocycles. The lowest BCUT2D eigenvalue weighted by molar-refractivity contribution is 1.12. The standard InChI is InChI=1S/C11H10BrClS/c1-2-7-5-10-8(3-4-14-10)9(6-13)11(7)12/h3-5H,2,6H2,1H3. The molecular formula is C11H10BrClS. The number of halogens is 2. The summed E-state index contributed by atoms with van der Waals surface area (Å²) in [6, 6.07) is 4.39. The van der Waals surface area contributed by atoms with Gasteiger partial charge in [0.2, 0.25) is 0 Å². The van der Waals surface area contributed by atoms with Crippen molar-refractivity contribution in [2.24, 2.45) is 0 Å². The van der Waals surface area contributed by atoms with Crippen molar-refractivity contribution in [1.29, 1.82) is 0 Å². The van der Waals surface area contributed by atoms with Gasteiger partial charge in [-0.2, -0.15) is 0 Å². The lowest BCUT2D eigenvalue weighted by Crippen LogP contribution is -1.89. The molecule has 0 aliphatic heterocycles. The average Bonchev–Trinajstić information content (AvgIpc) is 2.64. The van der Waals surface area contributed by atoms with Crippen LogP contribution in [0.2, 0.25) is 0 Å². The third-order valence-corrected chi connectivity index (χ3v) is 4.51. The van der Waals surface area contributed by atoms with Crippen LogP contribution >= 0.6 is 38.9 Å². The summed E-state index contributed by atoms with van der Waals surface area (Å²) in [5.41, 5.74) is 2.57. The minimum atomic E-state index is 0.571. The van der Waals surface area contributed by atoms with Crippen molar-refractivity contribution in [1.82, 2.24) is 0 Å². The topological polar surface area (TPSA) is 0 Å². The Kier molecular flexibility index (Phi) is 3.15. The van der Waals surface area contributed by atoms with Crippen molar-refractivity contribution < 1.29 is 0 Å². The van der Waals surface area contributed by atoms with Crippen LogP contribution in [0.5, 0.6) is 0 Å². The predicted octanol–water partition coefficient (Wildman–Crippen LogP) is 4.97. The molecule has 1 aromatic heterocycles. The summed E-state index contributed by atoms with van der Waals surface area (Å²) < 4.78 is 2.52. The second-order valence-corrected chi connectivity index (χ2v) is 5.16. The maximum absolute atomic E-state index is 5.97. The van der Waals surface area contributed by atoms with Crippen molar-refractivity contribution >= 4 is 49.0 Å². The second kappa shape index (κ2) is 4.21. The van der Waals surface area contributed by atoms with Crippen LogP contribution in [0.1, 0.15) is 18.1 Å². The van der Waals surface area contributed by atoms with Gasteiger partial charge in [-0.15, -0.1) is 22.9 Å². The molecule has 3 heteroatoms. The molecule has 0 saturated heterocycles. The molecule has 0 fully saturated rings. The molecule has 0 radical (unpaired) electrons. The van der Waals surface area contributed by atoms with E-state index >= 15 is 0 Å². The van der Waals surface area contributed by atoms with E-state index in [1.165, 1.54) is 25.7 Å². The zero-order chi connectivity index (χ0) is 10.1. The van der Waals surface area contributed by atoms with Gasteiger partial charge in [0.1, 0.15) is 0 Å². The van der Waals surface area contributed by atoms with Gasteiger partial charge in [0, 0.05) is 15.1 Å². The molecule has 2 aromatic rings. The van der Waals surface area contributed by atoms with E-state index in [4.69, 9.17) is 11.6 Å². The molecule has 74 valence electrons. The van der Waals surface area contributed by atoms with Gasteiger partial charge in [0.25, 0.3) is 0 Å². The molecule has 0 nitrogen and oxygen atoms in total. The molecule has 0 spiro atoms. The normalized spacial score (nSPS) is 11.1. The quantitative estimate of drug-likeness (QED) is 0.685. The monoisotopic (exact) mass is 288 g/mol. The fourth-order valence-electron chi connectivity index (χ4n) is 1.60. The summed E-state index contributed by atoms with van der Waals surface area (Å²) in [6.45, 7) is 2.16. The fraction of sp³-hybridized carbons (Fsp3) is 0.273. The molecule has 0 bridgehead atoms. The first-order chi connectivity index (χ1) is 6.77. The van der Waals surface area contributed by atoms with Gasteiger partial charge in [0.15, 0.2) is 0 Å². The van der Waals surface area contributed by atoms with Crippen molar-refractivity contribution in [2.45, 2.75) is 19.2 Å². The van der Waals surface area contributed by atoms with Crippen LogP contribution in [0.25, 0.3) is 10.1 Å². The summed E-state index contributed by atoms with van der Waals surface area (Å²) in [6.07, 6.45) is 1.04. The molecule has 14 heavy (non-hydrogen) atoms. The number of alkyl halides is 1. The third kappa shape index (κ3) is 1.60. The number of rotatable bonds is 2. The third-order valence-electron chi connectivity index (χ3n) is 2.39. The highest BCUT2D eigenvalue weighted by molar-refractivity contribution is 9.10. The second-order valence-electron chi connectivity index (χ2n) is 3.15. The van der Waals surface area contributed by atoms with Crippen molar-refractivity contribution in [3.05, 3.63) is 33.1 Å². The minimum Gasteiger partial charge on any atom is -0.144 e. The smallest absolute Gasteiger partial charge is 0.0491 e. The first-order valence-electron chi connectivity index (χ1n) is 4.51. The van der Waals surface area contributed by atoms with Crippen LogP contribution < -0.4 is 0 Å². The Hall–Kier alpha value is -0.0500. The van der Waals surface area contributed by atoms with E-state index in [0.717, 1.165) is 6.42 Å².